The second-order valence-corrected chi connectivity index (χ2v) is 6.50. The molecule has 3 aliphatic heterocycles. The van der Waals surface area contributed by atoms with Crippen molar-refractivity contribution in [3.63, 3.8) is 0 Å². The van der Waals surface area contributed by atoms with E-state index in [0.29, 0.717) is 23.6 Å². The number of aromatic nitrogens is 1. The topological polar surface area (TPSA) is 117 Å². The molecule has 0 radical (unpaired) electrons. The van der Waals surface area contributed by atoms with E-state index in [1.807, 2.05) is 0 Å². The first-order chi connectivity index (χ1) is 13.1. The minimum absolute atomic E-state index is 0.444. The number of nitrogens with zero attached hydrogens (tertiary/aromatic N) is 4. The molecule has 8 nitrogen and oxygen atoms in total. The van der Waals surface area contributed by atoms with E-state index in [2.05, 4.69) is 26.3 Å². The Morgan fingerprint density at radius 2 is 2.33 bits per heavy atom. The van der Waals surface area contributed by atoms with E-state index in [1.54, 1.807) is 37.7 Å². The summed E-state index contributed by atoms with van der Waals surface area (Å²) in [4.78, 5) is 22.5. The van der Waals surface area contributed by atoms with Crippen LogP contribution in [0.2, 0.25) is 0 Å². The van der Waals surface area contributed by atoms with E-state index in [9.17, 15) is 4.79 Å². The van der Waals surface area contributed by atoms with Gasteiger partial charge in [0.1, 0.15) is 30.7 Å². The van der Waals surface area contributed by atoms with Crippen molar-refractivity contribution in [2.75, 3.05) is 13.2 Å². The van der Waals surface area contributed by atoms with Crippen molar-refractivity contribution in [1.29, 1.82) is 5.26 Å². The molecule has 1 aromatic heterocycles. The number of amides is 1. The molecule has 4 rings (SSSR count). The Bertz CT molecular complexity index is 965. The van der Waals surface area contributed by atoms with Crippen LogP contribution in [-0.4, -0.2) is 40.8 Å². The van der Waals surface area contributed by atoms with Gasteiger partial charge in [0.05, 0.1) is 17.0 Å². The molecule has 1 atom stereocenters. The summed E-state index contributed by atoms with van der Waals surface area (Å²) in [7, 11) is 0. The first-order valence-electron chi connectivity index (χ1n) is 8.61. The molecule has 8 heteroatoms. The summed E-state index contributed by atoms with van der Waals surface area (Å²) >= 11 is 0. The number of hydrogen-bond acceptors (Lipinski definition) is 7. The fourth-order valence-corrected chi connectivity index (χ4v) is 3.31. The monoisotopic (exact) mass is 362 g/mol. The Kier molecular flexibility index (Phi) is 4.12. The molecule has 136 valence electrons. The van der Waals surface area contributed by atoms with Crippen molar-refractivity contribution >= 4 is 11.7 Å². The molecule has 0 saturated heterocycles. The second-order valence-electron chi connectivity index (χ2n) is 6.50. The predicted octanol–water partition coefficient (Wildman–Crippen LogP) is 0.892. The Hall–Kier alpha value is -3.60. The van der Waals surface area contributed by atoms with E-state index in [4.69, 9.17) is 15.7 Å². The van der Waals surface area contributed by atoms with Gasteiger partial charge in [-0.3, -0.25) is 9.78 Å². The summed E-state index contributed by atoms with van der Waals surface area (Å²) in [5, 5.41) is 12.1. The normalized spacial score (nSPS) is 19.0. The maximum absolute atomic E-state index is 11.4. The Labute approximate surface area is 156 Å². The molecule has 27 heavy (non-hydrogen) atoms. The first kappa shape index (κ1) is 16.8. The standard InChI is InChI=1S/C19H18N6O2/c1-11(18(21)26)24-16-10-27-9-13-4-5-25-17(13)14(16)8-23-19(25)15-3-2-12(6-20)7-22-15/h2-3,7-8,10-11,24H,4-5,9H2,1H3,(H2,21,26). The van der Waals surface area contributed by atoms with Crippen LogP contribution in [0, 0.1) is 11.3 Å². The van der Waals surface area contributed by atoms with E-state index >= 15 is 0 Å². The van der Waals surface area contributed by atoms with Crippen molar-refractivity contribution in [2.45, 2.75) is 19.4 Å². The van der Waals surface area contributed by atoms with Crippen molar-refractivity contribution < 1.29 is 9.53 Å². The maximum atomic E-state index is 11.4. The van der Waals surface area contributed by atoms with Gasteiger partial charge in [-0.1, -0.05) is 0 Å². The number of primary amides is 1. The van der Waals surface area contributed by atoms with Crippen molar-refractivity contribution in [3.8, 4) is 6.07 Å². The van der Waals surface area contributed by atoms with Gasteiger partial charge in [0.15, 0.2) is 5.84 Å². The zero-order valence-corrected chi connectivity index (χ0v) is 14.8. The van der Waals surface area contributed by atoms with Crippen LogP contribution in [0.25, 0.3) is 0 Å². The summed E-state index contributed by atoms with van der Waals surface area (Å²) in [6.07, 6.45) is 5.77. The van der Waals surface area contributed by atoms with Crippen LogP contribution in [0.1, 0.15) is 24.6 Å². The average Bonchev–Trinajstić information content (AvgIpc) is 3.02. The van der Waals surface area contributed by atoms with Gasteiger partial charge in [-0.05, 0) is 31.1 Å². The highest BCUT2D eigenvalue weighted by molar-refractivity contribution is 6.00. The zero-order chi connectivity index (χ0) is 19.0. The average molecular weight is 362 g/mol. The van der Waals surface area contributed by atoms with Gasteiger partial charge in [-0.15, -0.1) is 0 Å². The molecular formula is C19H18N6O2. The number of aliphatic imine (C=N–C) groups is 1. The summed E-state index contributed by atoms with van der Waals surface area (Å²) < 4.78 is 5.68. The third kappa shape index (κ3) is 2.93. The number of pyridine rings is 1. The Balaban J connectivity index is 1.73. The second kappa shape index (κ2) is 6.61. The van der Waals surface area contributed by atoms with E-state index in [0.717, 1.165) is 30.1 Å². The van der Waals surface area contributed by atoms with Crippen molar-refractivity contribution in [2.24, 2.45) is 10.7 Å². The van der Waals surface area contributed by atoms with Gasteiger partial charge < -0.3 is 20.7 Å². The number of carbonyl (C=O) groups is 1. The highest BCUT2D eigenvalue weighted by Gasteiger charge is 2.35. The van der Waals surface area contributed by atoms with E-state index < -0.39 is 11.9 Å². The predicted molar refractivity (Wildman–Crippen MR) is 97.7 cm³/mol. The number of ether oxygens (including phenoxy) is 1. The maximum Gasteiger partial charge on any atom is 0.239 e. The van der Waals surface area contributed by atoms with E-state index in [1.165, 1.54) is 5.57 Å². The molecule has 0 bridgehead atoms. The molecular weight excluding hydrogens is 344 g/mol. The van der Waals surface area contributed by atoms with Crippen molar-refractivity contribution in [3.05, 3.63) is 64.6 Å². The number of nitrogens with two attached hydrogens (primary N) is 1. The van der Waals surface area contributed by atoms with Crippen LogP contribution < -0.4 is 11.1 Å². The lowest BCUT2D eigenvalue weighted by molar-refractivity contribution is -0.119. The SMILES string of the molecule is CC(NC1=COCC2=C3C1=CN=C(c1ccc(C#N)cn1)N3CC2)C(N)=O. The number of amidine groups is 1. The van der Waals surface area contributed by atoms with Crippen LogP contribution in [0.3, 0.4) is 0 Å². The molecule has 3 aliphatic rings. The van der Waals surface area contributed by atoms with E-state index in [-0.39, 0.29) is 0 Å². The lowest BCUT2D eigenvalue weighted by atomic mass is 10.0. The Morgan fingerprint density at radius 1 is 1.48 bits per heavy atom. The number of carbonyl (C=O) groups excluding carboxylic acids is 1. The zero-order valence-electron chi connectivity index (χ0n) is 14.8. The third-order valence-electron chi connectivity index (χ3n) is 4.74. The molecule has 1 unspecified atom stereocenters. The van der Waals surface area contributed by atoms with Crippen LogP contribution in [0.15, 0.2) is 58.3 Å². The van der Waals surface area contributed by atoms with Crippen LogP contribution >= 0.6 is 0 Å². The van der Waals surface area contributed by atoms with Gasteiger partial charge in [0.2, 0.25) is 5.91 Å². The molecule has 0 fully saturated rings. The van der Waals surface area contributed by atoms with Crippen LogP contribution in [0.5, 0.6) is 0 Å². The molecule has 0 aliphatic carbocycles. The van der Waals surface area contributed by atoms with Gasteiger partial charge in [-0.25, -0.2) is 4.99 Å². The number of nitriles is 1. The largest absolute Gasteiger partial charge is 0.495 e. The van der Waals surface area contributed by atoms with Crippen molar-refractivity contribution in [1.82, 2.24) is 15.2 Å². The number of nitrogens with one attached hydrogen (secondary N) is 1. The van der Waals surface area contributed by atoms with Gasteiger partial charge in [0.25, 0.3) is 0 Å². The van der Waals surface area contributed by atoms with Gasteiger partial charge in [-0.2, -0.15) is 5.26 Å². The minimum Gasteiger partial charge on any atom is -0.495 e. The quantitative estimate of drug-likeness (QED) is 0.822. The van der Waals surface area contributed by atoms with Crippen LogP contribution in [-0.2, 0) is 9.53 Å². The summed E-state index contributed by atoms with van der Waals surface area (Å²) in [5.41, 5.74) is 10.3. The number of rotatable bonds is 4. The van der Waals surface area contributed by atoms with Crippen LogP contribution in [0.4, 0.5) is 0 Å². The molecule has 0 aromatic carbocycles. The summed E-state index contributed by atoms with van der Waals surface area (Å²) in [5.74, 6) is 0.289. The van der Waals surface area contributed by atoms with Gasteiger partial charge >= 0.3 is 0 Å². The highest BCUT2D eigenvalue weighted by atomic mass is 16.5. The third-order valence-corrected chi connectivity index (χ3v) is 4.74. The summed E-state index contributed by atoms with van der Waals surface area (Å²) in [6.45, 7) is 2.95. The fraction of sp³-hybridized carbons (Fsp3) is 0.263. The lowest BCUT2D eigenvalue weighted by Crippen LogP contribution is -2.40. The molecule has 4 heterocycles. The lowest BCUT2D eigenvalue weighted by Gasteiger charge is -2.29. The first-order valence-corrected chi connectivity index (χ1v) is 8.61. The molecule has 1 amide bonds. The molecule has 0 spiro atoms. The Morgan fingerprint density at radius 3 is 3.04 bits per heavy atom. The highest BCUT2D eigenvalue weighted by Crippen LogP contribution is 2.37. The minimum atomic E-state index is -0.539. The molecule has 0 saturated carbocycles. The molecule has 3 N–H and O–H groups in total. The fourth-order valence-electron chi connectivity index (χ4n) is 3.31. The van der Waals surface area contributed by atoms with Gasteiger partial charge in [0, 0.05) is 24.5 Å². The molecule has 1 aromatic rings. The number of hydrogen-bond donors (Lipinski definition) is 2. The smallest absolute Gasteiger partial charge is 0.239 e. The summed E-state index contributed by atoms with van der Waals surface area (Å²) in [6, 6.07) is 5.06.